The molecule has 9 nitrogen and oxygen atoms in total. The first-order valence-electron chi connectivity index (χ1n) is 9.47. The number of carbonyl (C=O) groups is 1. The summed E-state index contributed by atoms with van der Waals surface area (Å²) >= 11 is 0. The largest absolute Gasteiger partial charge is 0.497 e. The van der Waals surface area contributed by atoms with E-state index in [-0.39, 0.29) is 16.7 Å². The molecular weight excluding hydrogens is 422 g/mol. The number of sulfonamides is 1. The molecule has 164 valence electrons. The minimum atomic E-state index is -3.87. The molecule has 0 aliphatic carbocycles. The number of hydrogen-bond donors (Lipinski definition) is 1. The van der Waals surface area contributed by atoms with Crippen molar-refractivity contribution >= 4 is 16.0 Å². The Morgan fingerprint density at radius 3 is 2.29 bits per heavy atom. The topological polar surface area (TPSA) is 121 Å². The van der Waals surface area contributed by atoms with Crippen LogP contribution in [-0.4, -0.2) is 37.7 Å². The van der Waals surface area contributed by atoms with Gasteiger partial charge in [-0.25, -0.2) is 8.42 Å². The van der Waals surface area contributed by atoms with E-state index in [0.29, 0.717) is 11.3 Å². The number of aromatic nitrogens is 2. The molecule has 0 amide bonds. The third-order valence-electron chi connectivity index (χ3n) is 4.44. The molecule has 1 aromatic heterocycles. The van der Waals surface area contributed by atoms with Crippen molar-refractivity contribution in [2.24, 2.45) is 0 Å². The van der Waals surface area contributed by atoms with Crippen LogP contribution < -0.4 is 9.46 Å². The zero-order chi connectivity index (χ0) is 22.6. The number of benzene rings is 2. The van der Waals surface area contributed by atoms with Gasteiger partial charge in [0, 0.05) is 5.56 Å². The summed E-state index contributed by atoms with van der Waals surface area (Å²) in [4.78, 5) is 12.4. The zero-order valence-electron chi connectivity index (χ0n) is 17.5. The maximum atomic E-state index is 12.5. The summed E-state index contributed by atoms with van der Waals surface area (Å²) in [5.74, 6) is 0.265. The van der Waals surface area contributed by atoms with Crippen molar-refractivity contribution in [2.45, 2.75) is 37.8 Å². The quantitative estimate of drug-likeness (QED) is 0.525. The lowest BCUT2D eigenvalue weighted by atomic mass is 10.2. The molecule has 2 aromatic carbocycles. The molecule has 10 heteroatoms. The molecular formula is C21H23N3O6S. The van der Waals surface area contributed by atoms with Gasteiger partial charge < -0.3 is 13.9 Å². The summed E-state index contributed by atoms with van der Waals surface area (Å²) in [5.41, 5.74) is 1.60. The minimum Gasteiger partial charge on any atom is -0.497 e. The lowest BCUT2D eigenvalue weighted by Crippen LogP contribution is -2.39. The molecule has 3 aromatic rings. The second-order valence-electron chi connectivity index (χ2n) is 6.91. The van der Waals surface area contributed by atoms with Crippen LogP contribution >= 0.6 is 0 Å². The summed E-state index contributed by atoms with van der Waals surface area (Å²) in [5, 5.41) is 7.88. The van der Waals surface area contributed by atoms with E-state index >= 15 is 0 Å². The van der Waals surface area contributed by atoms with Crippen molar-refractivity contribution in [3.8, 4) is 17.2 Å². The summed E-state index contributed by atoms with van der Waals surface area (Å²) in [6.07, 6.45) is -0.863. The van der Waals surface area contributed by atoms with Crippen LogP contribution in [0.15, 0.2) is 57.8 Å². The van der Waals surface area contributed by atoms with Gasteiger partial charge in [-0.2, -0.15) is 4.72 Å². The van der Waals surface area contributed by atoms with E-state index in [0.717, 1.165) is 5.56 Å². The molecule has 3 rings (SSSR count). The Morgan fingerprint density at radius 1 is 1.03 bits per heavy atom. The molecule has 0 saturated carbocycles. The summed E-state index contributed by atoms with van der Waals surface area (Å²) in [7, 11) is -2.30. The van der Waals surface area contributed by atoms with Crippen LogP contribution in [0.25, 0.3) is 11.5 Å². The minimum absolute atomic E-state index is 0.0619. The Hall–Kier alpha value is -3.24. The highest BCUT2D eigenvalue weighted by atomic mass is 32.2. The monoisotopic (exact) mass is 445 g/mol. The fraction of sp³-hybridized carbons (Fsp3) is 0.286. The van der Waals surface area contributed by atoms with Crippen LogP contribution in [0, 0.1) is 6.92 Å². The summed E-state index contributed by atoms with van der Waals surface area (Å²) < 4.78 is 43.2. The maximum absolute atomic E-state index is 12.5. The van der Waals surface area contributed by atoms with Crippen LogP contribution in [0.3, 0.4) is 0 Å². The average Bonchev–Trinajstić information content (AvgIpc) is 3.24. The Labute approximate surface area is 180 Å². The van der Waals surface area contributed by atoms with Crippen molar-refractivity contribution in [1.29, 1.82) is 0 Å². The van der Waals surface area contributed by atoms with E-state index in [4.69, 9.17) is 13.9 Å². The number of methoxy groups -OCH3 is 1. The number of carbonyl (C=O) groups excluding carboxylic acids is 1. The second kappa shape index (κ2) is 9.27. The highest BCUT2D eigenvalue weighted by Gasteiger charge is 2.26. The highest BCUT2D eigenvalue weighted by molar-refractivity contribution is 7.89. The van der Waals surface area contributed by atoms with E-state index in [1.165, 1.54) is 19.1 Å². The SMILES string of the molecule is COc1ccc(-c2nnc(C(C)OC(=O)[C@H](C)NS(=O)(=O)c3ccc(C)cc3)o2)cc1. The van der Waals surface area contributed by atoms with E-state index in [9.17, 15) is 13.2 Å². The number of rotatable bonds is 8. The molecule has 0 bridgehead atoms. The van der Waals surface area contributed by atoms with Gasteiger partial charge in [-0.1, -0.05) is 17.7 Å². The normalized spacial score (nSPS) is 13.4. The fourth-order valence-corrected chi connectivity index (χ4v) is 3.83. The number of esters is 1. The maximum Gasteiger partial charge on any atom is 0.324 e. The molecule has 1 unspecified atom stereocenters. The van der Waals surface area contributed by atoms with Crippen molar-refractivity contribution in [2.75, 3.05) is 7.11 Å². The van der Waals surface area contributed by atoms with Crippen LogP contribution in [0.2, 0.25) is 0 Å². The predicted octanol–water partition coefficient (Wildman–Crippen LogP) is 3.02. The van der Waals surface area contributed by atoms with Crippen molar-refractivity contribution in [1.82, 2.24) is 14.9 Å². The number of aryl methyl sites for hydroxylation is 1. The van der Waals surface area contributed by atoms with Crippen LogP contribution in [0.1, 0.15) is 31.4 Å². The average molecular weight is 445 g/mol. The second-order valence-corrected chi connectivity index (χ2v) is 8.62. The highest BCUT2D eigenvalue weighted by Crippen LogP contribution is 2.24. The number of ether oxygens (including phenoxy) is 2. The van der Waals surface area contributed by atoms with E-state index in [1.54, 1.807) is 50.4 Å². The Morgan fingerprint density at radius 2 is 1.68 bits per heavy atom. The van der Waals surface area contributed by atoms with Gasteiger partial charge in [0.05, 0.1) is 12.0 Å². The van der Waals surface area contributed by atoms with Gasteiger partial charge in [0.25, 0.3) is 5.89 Å². The third-order valence-corrected chi connectivity index (χ3v) is 5.99. The molecule has 0 radical (unpaired) electrons. The molecule has 31 heavy (non-hydrogen) atoms. The Balaban J connectivity index is 1.63. The van der Waals surface area contributed by atoms with E-state index in [1.807, 2.05) is 6.92 Å². The first kappa shape index (κ1) is 22.4. The van der Waals surface area contributed by atoms with E-state index < -0.39 is 28.1 Å². The molecule has 0 saturated heterocycles. The van der Waals surface area contributed by atoms with Gasteiger partial charge in [0.15, 0.2) is 6.10 Å². The standard InChI is InChI=1S/C21H23N3O6S/c1-13-5-11-18(12-6-13)31(26,27)24-14(2)21(25)29-15(3)19-22-23-20(30-19)16-7-9-17(28-4)10-8-16/h5-12,14-15,24H,1-4H3/t14-,15?/m0/s1. The number of hydrogen-bond acceptors (Lipinski definition) is 8. The van der Waals surface area contributed by atoms with Gasteiger partial charge >= 0.3 is 5.97 Å². The molecule has 0 aliphatic rings. The van der Waals surface area contributed by atoms with E-state index in [2.05, 4.69) is 14.9 Å². The van der Waals surface area contributed by atoms with Crippen molar-refractivity contribution in [3.05, 3.63) is 60.0 Å². The lowest BCUT2D eigenvalue weighted by molar-refractivity contribution is -0.151. The van der Waals surface area contributed by atoms with Gasteiger partial charge in [-0.05, 0) is 57.2 Å². The first-order chi connectivity index (χ1) is 14.7. The van der Waals surface area contributed by atoms with Gasteiger partial charge in [0.1, 0.15) is 11.8 Å². The van der Waals surface area contributed by atoms with Crippen LogP contribution in [0.4, 0.5) is 0 Å². The molecule has 1 N–H and O–H groups in total. The third kappa shape index (κ3) is 5.47. The van der Waals surface area contributed by atoms with Crippen molar-refractivity contribution < 1.29 is 27.1 Å². The van der Waals surface area contributed by atoms with Gasteiger partial charge in [-0.3, -0.25) is 4.79 Å². The van der Waals surface area contributed by atoms with Crippen LogP contribution in [0.5, 0.6) is 5.75 Å². The molecule has 0 aliphatic heterocycles. The first-order valence-corrected chi connectivity index (χ1v) is 10.9. The molecule has 2 atom stereocenters. The Bertz CT molecular complexity index is 1140. The smallest absolute Gasteiger partial charge is 0.324 e. The Kier molecular flexibility index (Phi) is 6.71. The predicted molar refractivity (Wildman–Crippen MR) is 112 cm³/mol. The lowest BCUT2D eigenvalue weighted by Gasteiger charge is -2.16. The van der Waals surface area contributed by atoms with Gasteiger partial charge in [-0.15, -0.1) is 10.2 Å². The molecule has 1 heterocycles. The molecule has 0 spiro atoms. The zero-order valence-corrected chi connectivity index (χ0v) is 18.3. The summed E-state index contributed by atoms with van der Waals surface area (Å²) in [6, 6.07) is 12.2. The number of nitrogens with zero attached hydrogens (tertiary/aromatic N) is 2. The fourth-order valence-electron chi connectivity index (χ4n) is 2.64. The van der Waals surface area contributed by atoms with Crippen molar-refractivity contribution in [3.63, 3.8) is 0 Å². The van der Waals surface area contributed by atoms with Gasteiger partial charge in [0.2, 0.25) is 15.9 Å². The molecule has 0 fully saturated rings. The van der Waals surface area contributed by atoms with Crippen LogP contribution in [-0.2, 0) is 19.6 Å². The summed E-state index contributed by atoms with van der Waals surface area (Å²) in [6.45, 7) is 4.81. The number of nitrogens with one attached hydrogen (secondary N) is 1.